The number of hydrogen-bond acceptors (Lipinski definition) is 7. The average molecular weight is 254 g/mol. The third kappa shape index (κ3) is 2.84. The third-order valence-electron chi connectivity index (χ3n) is 2.53. The van der Waals surface area contributed by atoms with Gasteiger partial charge in [-0.15, -0.1) is 0 Å². The van der Waals surface area contributed by atoms with Gasteiger partial charge in [0.2, 0.25) is 11.7 Å². The van der Waals surface area contributed by atoms with Crippen molar-refractivity contribution in [1.29, 1.82) is 0 Å². The molecule has 98 valence electrons. The van der Waals surface area contributed by atoms with Crippen LogP contribution in [0.5, 0.6) is 5.88 Å². The van der Waals surface area contributed by atoms with Gasteiger partial charge >= 0.3 is 5.69 Å². The predicted octanol–water partition coefficient (Wildman–Crippen LogP) is 0.657. The standard InChI is InChI=1S/C10H14N4O4/c1-17-9-3-2-8(14(15)16)10(11-9)12-13-4-6-18-7-5-13/h2-3H,4-7H2,1H3,(H,11,12). The lowest BCUT2D eigenvalue weighted by Gasteiger charge is -2.27. The van der Waals surface area contributed by atoms with Gasteiger partial charge in [0.05, 0.1) is 25.2 Å². The minimum atomic E-state index is -0.477. The van der Waals surface area contributed by atoms with Gasteiger partial charge < -0.3 is 9.47 Å². The fourth-order valence-electron chi connectivity index (χ4n) is 1.60. The normalized spacial score (nSPS) is 16.3. The van der Waals surface area contributed by atoms with Crippen LogP contribution in [-0.2, 0) is 4.74 Å². The summed E-state index contributed by atoms with van der Waals surface area (Å²) in [5.41, 5.74) is 2.84. The SMILES string of the molecule is COc1ccc([N+](=O)[O-])c(NN2CCOCC2)n1. The number of aromatic nitrogens is 1. The number of morpholine rings is 1. The average Bonchev–Trinajstić information content (AvgIpc) is 2.39. The summed E-state index contributed by atoms with van der Waals surface area (Å²) >= 11 is 0. The van der Waals surface area contributed by atoms with Crippen molar-refractivity contribution in [2.24, 2.45) is 0 Å². The van der Waals surface area contributed by atoms with Crippen LogP contribution in [0, 0.1) is 10.1 Å². The summed E-state index contributed by atoms with van der Waals surface area (Å²) in [4.78, 5) is 14.5. The summed E-state index contributed by atoms with van der Waals surface area (Å²) in [6, 6.07) is 2.83. The van der Waals surface area contributed by atoms with E-state index in [1.54, 1.807) is 0 Å². The molecule has 0 radical (unpaired) electrons. The fourth-order valence-corrected chi connectivity index (χ4v) is 1.60. The van der Waals surface area contributed by atoms with Gasteiger partial charge in [-0.3, -0.25) is 15.5 Å². The first-order valence-corrected chi connectivity index (χ1v) is 5.49. The van der Waals surface area contributed by atoms with Crippen molar-refractivity contribution in [3.63, 3.8) is 0 Å². The Kier molecular flexibility index (Phi) is 3.90. The number of nitrogens with zero attached hydrogens (tertiary/aromatic N) is 3. The Morgan fingerprint density at radius 2 is 2.22 bits per heavy atom. The van der Waals surface area contributed by atoms with Crippen molar-refractivity contribution in [2.75, 3.05) is 38.8 Å². The Morgan fingerprint density at radius 3 is 2.83 bits per heavy atom. The minimum Gasteiger partial charge on any atom is -0.481 e. The predicted molar refractivity (Wildman–Crippen MR) is 63.5 cm³/mol. The van der Waals surface area contributed by atoms with Gasteiger partial charge in [-0.25, -0.2) is 5.01 Å². The highest BCUT2D eigenvalue weighted by molar-refractivity contribution is 5.56. The van der Waals surface area contributed by atoms with Crippen molar-refractivity contribution in [3.8, 4) is 5.88 Å². The van der Waals surface area contributed by atoms with E-state index >= 15 is 0 Å². The van der Waals surface area contributed by atoms with Crippen LogP contribution in [0.25, 0.3) is 0 Å². The van der Waals surface area contributed by atoms with Crippen LogP contribution in [0.4, 0.5) is 11.5 Å². The van der Waals surface area contributed by atoms with Gasteiger partial charge in [-0.05, 0) is 0 Å². The van der Waals surface area contributed by atoms with E-state index < -0.39 is 4.92 Å². The van der Waals surface area contributed by atoms with Crippen LogP contribution in [0.2, 0.25) is 0 Å². The van der Waals surface area contributed by atoms with E-state index in [-0.39, 0.29) is 11.5 Å². The quantitative estimate of drug-likeness (QED) is 0.623. The number of hydrogen-bond donors (Lipinski definition) is 1. The van der Waals surface area contributed by atoms with E-state index in [2.05, 4.69) is 10.4 Å². The van der Waals surface area contributed by atoms with Gasteiger partial charge in [0.1, 0.15) is 0 Å². The van der Waals surface area contributed by atoms with Crippen LogP contribution >= 0.6 is 0 Å². The molecule has 1 aliphatic heterocycles. The summed E-state index contributed by atoms with van der Waals surface area (Å²) in [5.74, 6) is 0.512. The van der Waals surface area contributed by atoms with Crippen LogP contribution in [-0.4, -0.2) is 48.3 Å². The van der Waals surface area contributed by atoms with Gasteiger partial charge in [-0.2, -0.15) is 4.98 Å². The van der Waals surface area contributed by atoms with Crippen LogP contribution in [0.3, 0.4) is 0 Å². The molecule has 0 unspecified atom stereocenters. The summed E-state index contributed by atoms with van der Waals surface area (Å²) in [6.07, 6.45) is 0. The molecule has 0 spiro atoms. The van der Waals surface area contributed by atoms with Crippen LogP contribution in [0.15, 0.2) is 12.1 Å². The minimum absolute atomic E-state index is 0.0812. The van der Waals surface area contributed by atoms with Gasteiger partial charge in [0.25, 0.3) is 0 Å². The molecule has 2 rings (SSSR count). The zero-order valence-corrected chi connectivity index (χ0v) is 9.96. The van der Waals surface area contributed by atoms with Crippen molar-refractivity contribution in [2.45, 2.75) is 0 Å². The fraction of sp³-hybridized carbons (Fsp3) is 0.500. The van der Waals surface area contributed by atoms with Crippen LogP contribution < -0.4 is 10.2 Å². The van der Waals surface area contributed by atoms with Crippen molar-refractivity contribution < 1.29 is 14.4 Å². The second-order valence-corrected chi connectivity index (χ2v) is 3.69. The molecule has 1 fully saturated rings. The number of methoxy groups -OCH3 is 1. The molecule has 0 aliphatic carbocycles. The molecule has 1 aliphatic rings. The largest absolute Gasteiger partial charge is 0.481 e. The molecule has 2 heterocycles. The molecule has 0 aromatic carbocycles. The van der Waals surface area contributed by atoms with Gasteiger partial charge in [-0.1, -0.05) is 0 Å². The number of ether oxygens (including phenoxy) is 2. The highest BCUT2D eigenvalue weighted by Crippen LogP contribution is 2.25. The van der Waals surface area contributed by atoms with Gasteiger partial charge in [0.15, 0.2) is 0 Å². The summed E-state index contributed by atoms with van der Waals surface area (Å²) < 4.78 is 10.2. The number of nitro groups is 1. The number of rotatable bonds is 4. The highest BCUT2D eigenvalue weighted by Gasteiger charge is 2.19. The van der Waals surface area contributed by atoms with Gasteiger partial charge in [0, 0.05) is 25.2 Å². The Labute approximate surface area is 104 Å². The first-order valence-electron chi connectivity index (χ1n) is 5.49. The molecular weight excluding hydrogens is 240 g/mol. The van der Waals surface area contributed by atoms with E-state index in [4.69, 9.17) is 9.47 Å². The molecule has 1 saturated heterocycles. The number of anilines is 1. The highest BCUT2D eigenvalue weighted by atomic mass is 16.6. The lowest BCUT2D eigenvalue weighted by molar-refractivity contribution is -0.384. The lowest BCUT2D eigenvalue weighted by atomic mass is 10.4. The Balaban J connectivity index is 2.19. The van der Waals surface area contributed by atoms with E-state index in [9.17, 15) is 10.1 Å². The molecular formula is C10H14N4O4. The topological polar surface area (TPSA) is 89.8 Å². The molecule has 1 aromatic heterocycles. The first-order chi connectivity index (χ1) is 8.70. The van der Waals surface area contributed by atoms with E-state index in [1.165, 1.54) is 19.2 Å². The molecule has 8 nitrogen and oxygen atoms in total. The monoisotopic (exact) mass is 254 g/mol. The zero-order valence-electron chi connectivity index (χ0n) is 9.96. The number of nitrogens with one attached hydrogen (secondary N) is 1. The van der Waals surface area contributed by atoms with Crippen molar-refractivity contribution in [1.82, 2.24) is 9.99 Å². The van der Waals surface area contributed by atoms with E-state index in [1.807, 2.05) is 5.01 Å². The maximum absolute atomic E-state index is 10.9. The molecule has 0 atom stereocenters. The zero-order chi connectivity index (χ0) is 13.0. The maximum Gasteiger partial charge on any atom is 0.312 e. The molecule has 8 heteroatoms. The molecule has 18 heavy (non-hydrogen) atoms. The molecule has 0 saturated carbocycles. The summed E-state index contributed by atoms with van der Waals surface area (Å²) in [7, 11) is 1.46. The second-order valence-electron chi connectivity index (χ2n) is 3.69. The summed E-state index contributed by atoms with van der Waals surface area (Å²) in [6.45, 7) is 2.47. The lowest BCUT2D eigenvalue weighted by Crippen LogP contribution is -2.40. The smallest absolute Gasteiger partial charge is 0.312 e. The first kappa shape index (κ1) is 12.5. The van der Waals surface area contributed by atoms with Crippen molar-refractivity contribution >= 4 is 11.5 Å². The molecule has 0 amide bonds. The van der Waals surface area contributed by atoms with E-state index in [0.717, 1.165) is 0 Å². The van der Waals surface area contributed by atoms with Crippen molar-refractivity contribution in [3.05, 3.63) is 22.2 Å². The maximum atomic E-state index is 10.9. The summed E-state index contributed by atoms with van der Waals surface area (Å²) in [5, 5.41) is 12.7. The van der Waals surface area contributed by atoms with Crippen LogP contribution in [0.1, 0.15) is 0 Å². The molecule has 0 bridgehead atoms. The number of pyridine rings is 1. The molecule has 1 aromatic rings. The second kappa shape index (κ2) is 5.61. The Hall–Kier alpha value is -1.93. The third-order valence-corrected chi connectivity index (χ3v) is 2.53. The number of hydrazine groups is 1. The Bertz CT molecular complexity index is 434. The van der Waals surface area contributed by atoms with E-state index in [0.29, 0.717) is 32.2 Å². The Morgan fingerprint density at radius 1 is 1.50 bits per heavy atom. The molecule has 1 N–H and O–H groups in total.